The first-order chi connectivity index (χ1) is 9.35. The fourth-order valence-corrected chi connectivity index (χ4v) is 2.65. The lowest BCUT2D eigenvalue weighted by Crippen LogP contribution is -2.28. The molecule has 1 aromatic carbocycles. The minimum absolute atomic E-state index is 0.134. The highest BCUT2D eigenvalue weighted by Gasteiger charge is 2.25. The van der Waals surface area contributed by atoms with Crippen molar-refractivity contribution in [2.24, 2.45) is 0 Å². The number of nitrogen functional groups attached to an aromatic ring is 1. The van der Waals surface area contributed by atoms with Crippen molar-refractivity contribution in [2.45, 2.75) is 51.7 Å². The summed E-state index contributed by atoms with van der Waals surface area (Å²) in [7, 11) is 0. The van der Waals surface area contributed by atoms with Crippen LogP contribution in [0.3, 0.4) is 0 Å². The van der Waals surface area contributed by atoms with Gasteiger partial charge in [0.1, 0.15) is 5.75 Å². The molecule has 1 aromatic rings. The Balaban J connectivity index is 2.17. The zero-order valence-electron chi connectivity index (χ0n) is 12.7. The fraction of sp³-hybridized carbons (Fsp3) is 0.625. The van der Waals surface area contributed by atoms with Crippen LogP contribution in [-0.4, -0.2) is 29.9 Å². The van der Waals surface area contributed by atoms with Gasteiger partial charge in [0.25, 0.3) is 0 Å². The molecule has 1 saturated heterocycles. The van der Waals surface area contributed by atoms with Crippen LogP contribution in [-0.2, 0) is 0 Å². The summed E-state index contributed by atoms with van der Waals surface area (Å²) in [6.07, 6.45) is 2.75. The van der Waals surface area contributed by atoms with E-state index in [1.54, 1.807) is 0 Å². The topological polar surface area (TPSA) is 58.7 Å². The molecule has 0 aromatic heterocycles. The first-order valence-corrected chi connectivity index (χ1v) is 7.40. The number of nitrogens with zero attached hydrogens (tertiary/aromatic N) is 1. The molecule has 1 atom stereocenters. The van der Waals surface area contributed by atoms with E-state index >= 15 is 0 Å². The SMILES string of the molecule is CC(C)Oc1cc(N)cc(N2CCCC(C)(O)CC2)c1. The van der Waals surface area contributed by atoms with E-state index in [-0.39, 0.29) is 6.10 Å². The molecule has 112 valence electrons. The third kappa shape index (κ3) is 4.04. The highest BCUT2D eigenvalue weighted by atomic mass is 16.5. The van der Waals surface area contributed by atoms with Gasteiger partial charge in [-0.3, -0.25) is 0 Å². The molecule has 4 heteroatoms. The van der Waals surface area contributed by atoms with Gasteiger partial charge in [0.05, 0.1) is 11.7 Å². The van der Waals surface area contributed by atoms with E-state index in [2.05, 4.69) is 4.90 Å². The molecule has 0 amide bonds. The molecular weight excluding hydrogens is 252 g/mol. The molecular formula is C16H26N2O2. The summed E-state index contributed by atoms with van der Waals surface area (Å²) in [6, 6.07) is 5.88. The van der Waals surface area contributed by atoms with E-state index in [1.165, 1.54) is 0 Å². The molecule has 1 fully saturated rings. The number of hydrogen-bond donors (Lipinski definition) is 2. The van der Waals surface area contributed by atoms with Crippen molar-refractivity contribution in [3.05, 3.63) is 18.2 Å². The molecule has 1 aliphatic rings. The van der Waals surface area contributed by atoms with Crippen molar-refractivity contribution in [3.63, 3.8) is 0 Å². The summed E-state index contributed by atoms with van der Waals surface area (Å²) in [4.78, 5) is 2.28. The molecule has 2 rings (SSSR count). The summed E-state index contributed by atoms with van der Waals surface area (Å²) in [5, 5.41) is 10.2. The largest absolute Gasteiger partial charge is 0.491 e. The third-order valence-corrected chi connectivity index (χ3v) is 3.71. The summed E-state index contributed by atoms with van der Waals surface area (Å²) in [6.45, 7) is 7.72. The van der Waals surface area contributed by atoms with Crippen molar-refractivity contribution >= 4 is 11.4 Å². The van der Waals surface area contributed by atoms with Crippen molar-refractivity contribution in [1.82, 2.24) is 0 Å². The van der Waals surface area contributed by atoms with Crippen LogP contribution in [0.4, 0.5) is 11.4 Å². The Hall–Kier alpha value is -1.42. The lowest BCUT2D eigenvalue weighted by Gasteiger charge is -2.25. The standard InChI is InChI=1S/C16H26N2O2/c1-12(2)20-15-10-13(17)9-14(11-15)18-7-4-5-16(3,19)6-8-18/h9-12,19H,4-8,17H2,1-3H3. The second kappa shape index (κ2) is 5.92. The van der Waals surface area contributed by atoms with Gasteiger partial charge in [-0.05, 0) is 46.1 Å². The molecule has 0 bridgehead atoms. The Bertz CT molecular complexity index is 458. The molecule has 0 saturated carbocycles. The van der Waals surface area contributed by atoms with Crippen LogP contribution in [0.5, 0.6) is 5.75 Å². The van der Waals surface area contributed by atoms with Crippen LogP contribution >= 0.6 is 0 Å². The van der Waals surface area contributed by atoms with Crippen molar-refractivity contribution in [1.29, 1.82) is 0 Å². The van der Waals surface area contributed by atoms with E-state index in [0.717, 1.165) is 43.8 Å². The Morgan fingerprint density at radius 3 is 2.70 bits per heavy atom. The summed E-state index contributed by atoms with van der Waals surface area (Å²) in [5.74, 6) is 0.811. The quantitative estimate of drug-likeness (QED) is 0.835. The van der Waals surface area contributed by atoms with Gasteiger partial charge in [-0.2, -0.15) is 0 Å². The number of nitrogens with two attached hydrogens (primary N) is 1. The number of anilines is 2. The lowest BCUT2D eigenvalue weighted by atomic mass is 9.98. The van der Waals surface area contributed by atoms with Crippen LogP contribution < -0.4 is 15.4 Å². The number of benzene rings is 1. The highest BCUT2D eigenvalue weighted by molar-refractivity contribution is 5.60. The van der Waals surface area contributed by atoms with Gasteiger partial charge in [-0.15, -0.1) is 0 Å². The van der Waals surface area contributed by atoms with Gasteiger partial charge >= 0.3 is 0 Å². The maximum atomic E-state index is 10.2. The normalized spacial score (nSPS) is 23.8. The average Bonchev–Trinajstić information content (AvgIpc) is 2.48. The molecule has 3 N–H and O–H groups in total. The highest BCUT2D eigenvalue weighted by Crippen LogP contribution is 2.30. The van der Waals surface area contributed by atoms with Gasteiger partial charge in [0.15, 0.2) is 0 Å². The number of aliphatic hydroxyl groups is 1. The van der Waals surface area contributed by atoms with Crippen LogP contribution in [0.1, 0.15) is 40.0 Å². The second-order valence-electron chi connectivity index (χ2n) is 6.26. The number of rotatable bonds is 3. The molecule has 20 heavy (non-hydrogen) atoms. The van der Waals surface area contributed by atoms with Gasteiger partial charge in [-0.25, -0.2) is 0 Å². The van der Waals surface area contributed by atoms with E-state index in [1.807, 2.05) is 39.0 Å². The van der Waals surface area contributed by atoms with Crippen LogP contribution in [0, 0.1) is 0 Å². The van der Waals surface area contributed by atoms with Gasteiger partial charge in [-0.1, -0.05) is 0 Å². The predicted molar refractivity (Wildman–Crippen MR) is 83.3 cm³/mol. The van der Waals surface area contributed by atoms with E-state index < -0.39 is 5.60 Å². The van der Waals surface area contributed by atoms with Crippen molar-refractivity contribution in [3.8, 4) is 5.75 Å². The van der Waals surface area contributed by atoms with Crippen molar-refractivity contribution in [2.75, 3.05) is 23.7 Å². The monoisotopic (exact) mass is 278 g/mol. The van der Waals surface area contributed by atoms with E-state index in [9.17, 15) is 5.11 Å². The van der Waals surface area contributed by atoms with Crippen LogP contribution in [0.25, 0.3) is 0 Å². The Labute approximate surface area is 121 Å². The smallest absolute Gasteiger partial charge is 0.123 e. The molecule has 1 aliphatic heterocycles. The molecule has 4 nitrogen and oxygen atoms in total. The lowest BCUT2D eigenvalue weighted by molar-refractivity contribution is 0.0481. The maximum Gasteiger partial charge on any atom is 0.123 e. The molecule has 0 aliphatic carbocycles. The van der Waals surface area contributed by atoms with Gasteiger partial charge in [0.2, 0.25) is 0 Å². The maximum absolute atomic E-state index is 10.2. The molecule has 1 heterocycles. The molecule has 0 spiro atoms. The minimum Gasteiger partial charge on any atom is -0.491 e. The second-order valence-corrected chi connectivity index (χ2v) is 6.26. The minimum atomic E-state index is -0.549. The number of ether oxygens (including phenoxy) is 1. The average molecular weight is 278 g/mol. The Morgan fingerprint density at radius 1 is 1.25 bits per heavy atom. The zero-order valence-corrected chi connectivity index (χ0v) is 12.7. The predicted octanol–water partition coefficient (Wildman–Crippen LogP) is 2.80. The van der Waals surface area contributed by atoms with Gasteiger partial charge in [0, 0.05) is 36.6 Å². The van der Waals surface area contributed by atoms with E-state index in [0.29, 0.717) is 5.69 Å². The first-order valence-electron chi connectivity index (χ1n) is 7.40. The third-order valence-electron chi connectivity index (χ3n) is 3.71. The van der Waals surface area contributed by atoms with Crippen molar-refractivity contribution < 1.29 is 9.84 Å². The summed E-state index contributed by atoms with van der Waals surface area (Å²) >= 11 is 0. The van der Waals surface area contributed by atoms with Crippen LogP contribution in [0.15, 0.2) is 18.2 Å². The number of hydrogen-bond acceptors (Lipinski definition) is 4. The Morgan fingerprint density at radius 2 is 2.00 bits per heavy atom. The molecule has 1 unspecified atom stereocenters. The fourth-order valence-electron chi connectivity index (χ4n) is 2.65. The summed E-state index contributed by atoms with van der Waals surface area (Å²) < 4.78 is 5.74. The zero-order chi connectivity index (χ0) is 14.8. The summed E-state index contributed by atoms with van der Waals surface area (Å²) in [5.41, 5.74) is 7.23. The Kier molecular flexibility index (Phi) is 4.43. The van der Waals surface area contributed by atoms with E-state index in [4.69, 9.17) is 10.5 Å². The van der Waals surface area contributed by atoms with Gasteiger partial charge < -0.3 is 20.5 Å². The molecule has 0 radical (unpaired) electrons. The first kappa shape index (κ1) is 15.0. The van der Waals surface area contributed by atoms with Crippen LogP contribution in [0.2, 0.25) is 0 Å².